The molecular weight excluding hydrogens is 337 g/mol. The Morgan fingerprint density at radius 2 is 1.74 bits per heavy atom. The fourth-order valence-electron chi connectivity index (χ4n) is 3.63. The van der Waals surface area contributed by atoms with Crippen LogP contribution >= 0.6 is 0 Å². The number of benzene rings is 3. The third-order valence-electron chi connectivity index (χ3n) is 5.22. The van der Waals surface area contributed by atoms with E-state index in [4.69, 9.17) is 0 Å². The summed E-state index contributed by atoms with van der Waals surface area (Å²) in [5, 5.41) is 2.44. The first-order valence-corrected chi connectivity index (χ1v) is 9.39. The van der Waals surface area contributed by atoms with Crippen molar-refractivity contribution in [1.82, 2.24) is 4.90 Å². The second kappa shape index (κ2) is 7.75. The van der Waals surface area contributed by atoms with Gasteiger partial charge in [-0.3, -0.25) is 4.79 Å². The van der Waals surface area contributed by atoms with Gasteiger partial charge in [0.15, 0.2) is 0 Å². The lowest BCUT2D eigenvalue weighted by Crippen LogP contribution is -2.34. The largest absolute Gasteiger partial charge is 0.339 e. The minimum atomic E-state index is -0.222. The number of carbonyl (C=O) groups is 1. The van der Waals surface area contributed by atoms with Crippen molar-refractivity contribution in [3.63, 3.8) is 0 Å². The lowest BCUT2D eigenvalue weighted by atomic mass is 9.99. The third-order valence-corrected chi connectivity index (χ3v) is 5.22. The number of hydrogen-bond donors (Lipinski definition) is 0. The van der Waals surface area contributed by atoms with Crippen LogP contribution in [0.15, 0.2) is 72.8 Å². The second-order valence-electron chi connectivity index (χ2n) is 7.01. The molecule has 0 radical (unpaired) electrons. The molecule has 0 atom stereocenters. The van der Waals surface area contributed by atoms with Crippen molar-refractivity contribution in [2.75, 3.05) is 13.1 Å². The van der Waals surface area contributed by atoms with Gasteiger partial charge in [0.05, 0.1) is 0 Å². The second-order valence-corrected chi connectivity index (χ2v) is 7.01. The summed E-state index contributed by atoms with van der Waals surface area (Å²) in [5.41, 5.74) is 3.43. The van der Waals surface area contributed by atoms with Crippen LogP contribution in [0.2, 0.25) is 0 Å². The zero-order chi connectivity index (χ0) is 18.6. The fourth-order valence-corrected chi connectivity index (χ4v) is 3.63. The number of carbonyl (C=O) groups excluding carboxylic acids is 1. The van der Waals surface area contributed by atoms with Crippen molar-refractivity contribution in [2.45, 2.75) is 19.3 Å². The number of rotatable bonds is 4. The van der Waals surface area contributed by atoms with Gasteiger partial charge < -0.3 is 4.90 Å². The Balaban J connectivity index is 1.35. The average Bonchev–Trinajstić information content (AvgIpc) is 2.72. The third kappa shape index (κ3) is 4.08. The molecule has 0 bridgehead atoms. The Labute approximate surface area is 158 Å². The molecule has 27 heavy (non-hydrogen) atoms. The van der Waals surface area contributed by atoms with Crippen LogP contribution in [0.25, 0.3) is 16.3 Å². The van der Waals surface area contributed by atoms with E-state index in [1.54, 1.807) is 12.1 Å². The number of aryl methyl sites for hydroxylation is 1. The van der Waals surface area contributed by atoms with E-state index in [2.05, 4.69) is 36.4 Å². The molecule has 0 N–H and O–H groups in total. The summed E-state index contributed by atoms with van der Waals surface area (Å²) < 4.78 is 13.1. The van der Waals surface area contributed by atoms with Gasteiger partial charge in [0, 0.05) is 19.5 Å². The number of halogens is 1. The molecule has 3 aromatic rings. The lowest BCUT2D eigenvalue weighted by Gasteiger charge is -2.27. The molecule has 2 nitrogen and oxygen atoms in total. The maximum atomic E-state index is 13.1. The van der Waals surface area contributed by atoms with E-state index < -0.39 is 0 Å². The topological polar surface area (TPSA) is 20.3 Å². The molecule has 3 aromatic carbocycles. The van der Waals surface area contributed by atoms with Gasteiger partial charge in [0.25, 0.3) is 0 Å². The van der Waals surface area contributed by atoms with Crippen LogP contribution in [-0.4, -0.2) is 23.9 Å². The van der Waals surface area contributed by atoms with Gasteiger partial charge in [-0.2, -0.15) is 0 Å². The van der Waals surface area contributed by atoms with Crippen LogP contribution in [0.1, 0.15) is 24.0 Å². The quantitative estimate of drug-likeness (QED) is 0.625. The molecule has 3 heteroatoms. The first kappa shape index (κ1) is 17.5. The van der Waals surface area contributed by atoms with Gasteiger partial charge in [-0.15, -0.1) is 0 Å². The van der Waals surface area contributed by atoms with Crippen LogP contribution in [0.4, 0.5) is 4.39 Å². The zero-order valence-corrected chi connectivity index (χ0v) is 15.2. The van der Waals surface area contributed by atoms with Crippen molar-refractivity contribution in [3.8, 4) is 0 Å². The Morgan fingerprint density at radius 3 is 2.48 bits per heavy atom. The standard InChI is InChI=1S/C24H22FNO/c25-23-10-8-20(9-11-23)21-13-15-26(16-14-21)24(27)12-6-18-5-7-19-3-1-2-4-22(19)17-18/h1-5,7-11,13,17H,6,12,14-16H2. The molecule has 1 heterocycles. The molecule has 1 aliphatic rings. The predicted octanol–water partition coefficient (Wildman–Crippen LogP) is 5.23. The highest BCUT2D eigenvalue weighted by molar-refractivity contribution is 5.83. The SMILES string of the molecule is O=C(CCc1ccc2ccccc2c1)N1CC=C(c2ccc(F)cc2)CC1. The van der Waals surface area contributed by atoms with Crippen LogP contribution in [0, 0.1) is 5.82 Å². The molecule has 0 saturated heterocycles. The number of hydrogen-bond acceptors (Lipinski definition) is 1. The molecular formula is C24H22FNO. The van der Waals surface area contributed by atoms with Crippen molar-refractivity contribution in [1.29, 1.82) is 0 Å². The molecule has 0 aliphatic carbocycles. The monoisotopic (exact) mass is 359 g/mol. The van der Waals surface area contributed by atoms with Crippen LogP contribution in [0.5, 0.6) is 0 Å². The summed E-state index contributed by atoms with van der Waals surface area (Å²) in [7, 11) is 0. The molecule has 4 rings (SSSR count). The number of nitrogens with zero attached hydrogens (tertiary/aromatic N) is 1. The first-order chi connectivity index (χ1) is 13.2. The number of amides is 1. The molecule has 1 amide bonds. The highest BCUT2D eigenvalue weighted by Gasteiger charge is 2.17. The van der Waals surface area contributed by atoms with Crippen LogP contribution in [0.3, 0.4) is 0 Å². The summed E-state index contributed by atoms with van der Waals surface area (Å²) in [6, 6.07) is 21.3. The average molecular weight is 359 g/mol. The molecule has 0 saturated carbocycles. The lowest BCUT2D eigenvalue weighted by molar-refractivity contribution is -0.130. The molecule has 0 unspecified atom stereocenters. The zero-order valence-electron chi connectivity index (χ0n) is 15.2. The van der Waals surface area contributed by atoms with Gasteiger partial charge in [-0.25, -0.2) is 4.39 Å². The minimum Gasteiger partial charge on any atom is -0.339 e. The molecule has 0 fully saturated rings. The van der Waals surface area contributed by atoms with E-state index in [1.807, 2.05) is 17.0 Å². The van der Waals surface area contributed by atoms with E-state index >= 15 is 0 Å². The van der Waals surface area contributed by atoms with Gasteiger partial charge in [0.2, 0.25) is 5.91 Å². The van der Waals surface area contributed by atoms with Gasteiger partial charge in [0.1, 0.15) is 5.82 Å². The fraction of sp³-hybridized carbons (Fsp3) is 0.208. The van der Waals surface area contributed by atoms with Crippen molar-refractivity contribution in [2.24, 2.45) is 0 Å². The van der Waals surface area contributed by atoms with Gasteiger partial charge in [-0.1, -0.05) is 60.7 Å². The van der Waals surface area contributed by atoms with E-state index in [1.165, 1.54) is 34.0 Å². The van der Waals surface area contributed by atoms with Crippen molar-refractivity contribution in [3.05, 3.63) is 89.8 Å². The Morgan fingerprint density at radius 1 is 0.963 bits per heavy atom. The summed E-state index contributed by atoms with van der Waals surface area (Å²) in [6.45, 7) is 1.35. The van der Waals surface area contributed by atoms with Crippen LogP contribution in [-0.2, 0) is 11.2 Å². The molecule has 136 valence electrons. The smallest absolute Gasteiger partial charge is 0.223 e. The first-order valence-electron chi connectivity index (χ1n) is 9.39. The molecule has 0 aromatic heterocycles. The van der Waals surface area contributed by atoms with E-state index in [9.17, 15) is 9.18 Å². The molecule has 1 aliphatic heterocycles. The summed E-state index contributed by atoms with van der Waals surface area (Å²) in [6.07, 6.45) is 4.19. The van der Waals surface area contributed by atoms with E-state index in [0.717, 1.165) is 24.9 Å². The van der Waals surface area contributed by atoms with Crippen molar-refractivity contribution < 1.29 is 9.18 Å². The van der Waals surface area contributed by atoms with Gasteiger partial charge >= 0.3 is 0 Å². The maximum absolute atomic E-state index is 13.1. The van der Waals surface area contributed by atoms with Gasteiger partial charge in [-0.05, 0) is 52.4 Å². The predicted molar refractivity (Wildman–Crippen MR) is 108 cm³/mol. The maximum Gasteiger partial charge on any atom is 0.223 e. The van der Waals surface area contributed by atoms with Crippen LogP contribution < -0.4 is 0 Å². The van der Waals surface area contributed by atoms with E-state index in [0.29, 0.717) is 13.0 Å². The Hall–Kier alpha value is -2.94. The van der Waals surface area contributed by atoms with E-state index in [-0.39, 0.29) is 11.7 Å². The normalized spacial score (nSPS) is 14.3. The van der Waals surface area contributed by atoms with Crippen molar-refractivity contribution >= 4 is 22.3 Å². The summed E-state index contributed by atoms with van der Waals surface area (Å²) >= 11 is 0. The Kier molecular flexibility index (Phi) is 5.01. The number of fused-ring (bicyclic) bond motifs is 1. The summed E-state index contributed by atoms with van der Waals surface area (Å²) in [5.74, 6) is -0.0294. The highest BCUT2D eigenvalue weighted by atomic mass is 19.1. The highest BCUT2D eigenvalue weighted by Crippen LogP contribution is 2.23. The molecule has 0 spiro atoms. The Bertz CT molecular complexity index is 991. The minimum absolute atomic E-state index is 0.192. The summed E-state index contributed by atoms with van der Waals surface area (Å²) in [4.78, 5) is 14.5.